The molecule has 1 aromatic carbocycles. The zero-order valence-electron chi connectivity index (χ0n) is 10.2. The number of carbonyl (C=O) groups is 1. The van der Waals surface area contributed by atoms with Crippen LogP contribution in [0.25, 0.3) is 0 Å². The molecule has 1 fully saturated rings. The maximum Gasteiger partial charge on any atom is 0.256 e. The van der Waals surface area contributed by atoms with Crippen molar-refractivity contribution in [2.45, 2.75) is 6.92 Å². The Hall–Kier alpha value is -1.42. The number of piperazine rings is 1. The van der Waals surface area contributed by atoms with Gasteiger partial charge in [-0.15, -0.1) is 0 Å². The Kier molecular flexibility index (Phi) is 3.43. The van der Waals surface area contributed by atoms with Gasteiger partial charge in [-0.05, 0) is 31.7 Å². The molecule has 1 aliphatic heterocycles. The van der Waals surface area contributed by atoms with Gasteiger partial charge in [0, 0.05) is 26.2 Å². The minimum Gasteiger partial charge on any atom is -0.336 e. The summed E-state index contributed by atoms with van der Waals surface area (Å²) in [4.78, 5) is 16.0. The lowest BCUT2D eigenvalue weighted by atomic mass is 10.1. The van der Waals surface area contributed by atoms with E-state index in [0.29, 0.717) is 13.1 Å². The number of halogens is 1. The number of aryl methyl sites for hydroxylation is 1. The monoisotopic (exact) mass is 236 g/mol. The van der Waals surface area contributed by atoms with Gasteiger partial charge in [0.15, 0.2) is 0 Å². The molecule has 0 saturated carbocycles. The van der Waals surface area contributed by atoms with E-state index in [9.17, 15) is 9.18 Å². The lowest BCUT2D eigenvalue weighted by molar-refractivity contribution is 0.0659. The predicted molar refractivity (Wildman–Crippen MR) is 64.5 cm³/mol. The van der Waals surface area contributed by atoms with E-state index >= 15 is 0 Å². The van der Waals surface area contributed by atoms with Crippen LogP contribution in [-0.2, 0) is 0 Å². The van der Waals surface area contributed by atoms with Crippen LogP contribution in [0.2, 0.25) is 0 Å². The summed E-state index contributed by atoms with van der Waals surface area (Å²) in [6.07, 6.45) is 0. The van der Waals surface area contributed by atoms with Gasteiger partial charge >= 0.3 is 0 Å². The van der Waals surface area contributed by atoms with Crippen molar-refractivity contribution >= 4 is 5.91 Å². The number of hydrogen-bond donors (Lipinski definition) is 0. The average Bonchev–Trinajstić information content (AvgIpc) is 2.29. The van der Waals surface area contributed by atoms with Crippen LogP contribution in [0.4, 0.5) is 4.39 Å². The Morgan fingerprint density at radius 3 is 2.47 bits per heavy atom. The summed E-state index contributed by atoms with van der Waals surface area (Å²) in [5.41, 5.74) is 1.01. The molecule has 0 spiro atoms. The molecular formula is C13H17FN2O. The summed E-state index contributed by atoms with van der Waals surface area (Å²) in [5.74, 6) is -0.621. The second-order valence-electron chi connectivity index (χ2n) is 4.58. The van der Waals surface area contributed by atoms with E-state index in [2.05, 4.69) is 4.90 Å². The largest absolute Gasteiger partial charge is 0.336 e. The molecule has 2 rings (SSSR count). The second kappa shape index (κ2) is 4.84. The highest BCUT2D eigenvalue weighted by Gasteiger charge is 2.22. The van der Waals surface area contributed by atoms with Gasteiger partial charge < -0.3 is 9.80 Å². The van der Waals surface area contributed by atoms with Gasteiger partial charge in [0.25, 0.3) is 5.91 Å². The highest BCUT2D eigenvalue weighted by Crippen LogP contribution is 2.13. The van der Waals surface area contributed by atoms with Crippen molar-refractivity contribution in [3.05, 3.63) is 35.1 Å². The normalized spacial score (nSPS) is 17.2. The molecule has 1 amide bonds. The Bertz CT molecular complexity index is 425. The highest BCUT2D eigenvalue weighted by molar-refractivity contribution is 5.94. The number of rotatable bonds is 1. The molecule has 17 heavy (non-hydrogen) atoms. The first kappa shape index (κ1) is 12.0. The number of likely N-dealkylation sites (N-methyl/N-ethyl adjacent to an activating group) is 1. The lowest BCUT2D eigenvalue weighted by Crippen LogP contribution is -2.47. The Labute approximate surface area is 101 Å². The van der Waals surface area contributed by atoms with E-state index in [1.165, 1.54) is 6.07 Å². The molecule has 0 unspecified atom stereocenters. The van der Waals surface area contributed by atoms with Gasteiger partial charge in [0.1, 0.15) is 5.82 Å². The summed E-state index contributed by atoms with van der Waals surface area (Å²) in [6.45, 7) is 4.84. The van der Waals surface area contributed by atoms with Gasteiger partial charge in [0.05, 0.1) is 5.56 Å². The van der Waals surface area contributed by atoms with Gasteiger partial charge in [-0.1, -0.05) is 6.07 Å². The van der Waals surface area contributed by atoms with Crippen LogP contribution in [0, 0.1) is 12.7 Å². The Morgan fingerprint density at radius 1 is 1.24 bits per heavy atom. The average molecular weight is 236 g/mol. The summed E-state index contributed by atoms with van der Waals surface area (Å²) in [5, 5.41) is 0. The molecule has 3 nitrogen and oxygen atoms in total. The summed E-state index contributed by atoms with van der Waals surface area (Å²) >= 11 is 0. The van der Waals surface area contributed by atoms with Gasteiger partial charge in [-0.25, -0.2) is 4.39 Å². The van der Waals surface area contributed by atoms with Crippen LogP contribution in [0.5, 0.6) is 0 Å². The van der Waals surface area contributed by atoms with Crippen LogP contribution >= 0.6 is 0 Å². The zero-order valence-corrected chi connectivity index (χ0v) is 10.2. The molecule has 92 valence electrons. The maximum atomic E-state index is 13.7. The van der Waals surface area contributed by atoms with Crippen LogP contribution in [0.1, 0.15) is 15.9 Å². The van der Waals surface area contributed by atoms with Crippen molar-refractivity contribution in [1.29, 1.82) is 0 Å². The van der Waals surface area contributed by atoms with Gasteiger partial charge in [0.2, 0.25) is 0 Å². The number of nitrogens with zero attached hydrogens (tertiary/aromatic N) is 2. The summed E-state index contributed by atoms with van der Waals surface area (Å²) < 4.78 is 13.7. The molecule has 4 heteroatoms. The molecule has 0 bridgehead atoms. The van der Waals surface area contributed by atoms with Crippen molar-refractivity contribution < 1.29 is 9.18 Å². The van der Waals surface area contributed by atoms with Crippen LogP contribution in [-0.4, -0.2) is 48.9 Å². The van der Waals surface area contributed by atoms with Crippen molar-refractivity contribution in [3.63, 3.8) is 0 Å². The quantitative estimate of drug-likeness (QED) is 0.738. The van der Waals surface area contributed by atoms with E-state index < -0.39 is 5.82 Å². The fourth-order valence-corrected chi connectivity index (χ4v) is 1.97. The smallest absolute Gasteiger partial charge is 0.256 e. The van der Waals surface area contributed by atoms with Crippen LogP contribution in [0.3, 0.4) is 0 Å². The van der Waals surface area contributed by atoms with E-state index in [1.807, 2.05) is 14.0 Å². The molecule has 0 atom stereocenters. The highest BCUT2D eigenvalue weighted by atomic mass is 19.1. The van der Waals surface area contributed by atoms with E-state index in [4.69, 9.17) is 0 Å². The molecule has 1 aromatic rings. The molecule has 0 aromatic heterocycles. The first-order valence-corrected chi connectivity index (χ1v) is 5.82. The standard InChI is InChI=1S/C13H17FN2O/c1-10-3-4-11(12(14)9-10)13(17)16-7-5-15(2)6-8-16/h3-4,9H,5-8H2,1-2H3. The summed E-state index contributed by atoms with van der Waals surface area (Å²) in [7, 11) is 2.02. The molecule has 1 aliphatic rings. The summed E-state index contributed by atoms with van der Waals surface area (Å²) in [6, 6.07) is 4.75. The Morgan fingerprint density at radius 2 is 1.88 bits per heavy atom. The SMILES string of the molecule is Cc1ccc(C(=O)N2CCN(C)CC2)c(F)c1. The topological polar surface area (TPSA) is 23.6 Å². The van der Waals surface area contributed by atoms with Gasteiger partial charge in [-0.2, -0.15) is 0 Å². The fraction of sp³-hybridized carbons (Fsp3) is 0.462. The van der Waals surface area contributed by atoms with Gasteiger partial charge in [-0.3, -0.25) is 4.79 Å². The molecular weight excluding hydrogens is 219 g/mol. The maximum absolute atomic E-state index is 13.7. The first-order valence-electron chi connectivity index (χ1n) is 5.82. The second-order valence-corrected chi connectivity index (χ2v) is 4.58. The minimum atomic E-state index is -0.422. The zero-order chi connectivity index (χ0) is 12.4. The molecule has 1 saturated heterocycles. The molecule has 0 radical (unpaired) electrons. The van der Waals surface area contributed by atoms with Crippen molar-refractivity contribution in [3.8, 4) is 0 Å². The fourth-order valence-electron chi connectivity index (χ4n) is 1.97. The van der Waals surface area contributed by atoms with E-state index in [-0.39, 0.29) is 11.5 Å². The number of benzene rings is 1. The minimum absolute atomic E-state index is 0.181. The predicted octanol–water partition coefficient (Wildman–Crippen LogP) is 1.52. The third-order valence-corrected chi connectivity index (χ3v) is 3.15. The number of carbonyl (C=O) groups excluding carboxylic acids is 1. The van der Waals surface area contributed by atoms with E-state index in [1.54, 1.807) is 17.0 Å². The third kappa shape index (κ3) is 2.64. The number of amides is 1. The molecule has 0 aliphatic carbocycles. The number of hydrogen-bond acceptors (Lipinski definition) is 2. The molecule has 0 N–H and O–H groups in total. The first-order chi connectivity index (χ1) is 8.08. The van der Waals surface area contributed by atoms with Crippen LogP contribution < -0.4 is 0 Å². The van der Waals surface area contributed by atoms with Crippen LogP contribution in [0.15, 0.2) is 18.2 Å². The van der Waals surface area contributed by atoms with Crippen molar-refractivity contribution in [1.82, 2.24) is 9.80 Å². The van der Waals surface area contributed by atoms with Crippen molar-refractivity contribution in [2.24, 2.45) is 0 Å². The third-order valence-electron chi connectivity index (χ3n) is 3.15. The lowest BCUT2D eigenvalue weighted by Gasteiger charge is -2.32. The Balaban J connectivity index is 2.14. The van der Waals surface area contributed by atoms with Crippen molar-refractivity contribution in [2.75, 3.05) is 33.2 Å². The molecule has 1 heterocycles. The van der Waals surface area contributed by atoms with E-state index in [0.717, 1.165) is 18.7 Å².